The molecule has 30 heavy (non-hydrogen) atoms. The second kappa shape index (κ2) is 9.02. The van der Waals surface area contributed by atoms with Gasteiger partial charge in [-0.3, -0.25) is 0 Å². The second-order valence-electron chi connectivity index (χ2n) is 6.92. The molecule has 0 aliphatic carbocycles. The van der Waals surface area contributed by atoms with E-state index in [-0.39, 0.29) is 18.2 Å². The van der Waals surface area contributed by atoms with Gasteiger partial charge in [-0.2, -0.15) is 0 Å². The molecular formula is C23H20F2N2O3. The van der Waals surface area contributed by atoms with E-state index >= 15 is 0 Å². The zero-order valence-corrected chi connectivity index (χ0v) is 16.0. The smallest absolute Gasteiger partial charge is 0.170 e. The number of halogens is 2. The molecule has 1 atom stereocenters. The number of aliphatic hydroxyl groups excluding tert-OH is 1. The first-order valence-corrected chi connectivity index (χ1v) is 9.50. The lowest BCUT2D eigenvalue weighted by molar-refractivity contribution is 0.106. The fourth-order valence-corrected chi connectivity index (χ4v) is 3.11. The van der Waals surface area contributed by atoms with Crippen LogP contribution in [0.3, 0.4) is 0 Å². The molecule has 1 aromatic heterocycles. The minimum Gasteiger partial charge on any atom is -0.491 e. The van der Waals surface area contributed by atoms with Crippen LogP contribution in [0.5, 0.6) is 5.75 Å². The van der Waals surface area contributed by atoms with Gasteiger partial charge in [-0.15, -0.1) is 0 Å². The summed E-state index contributed by atoms with van der Waals surface area (Å²) >= 11 is 0. The van der Waals surface area contributed by atoms with Gasteiger partial charge in [0.1, 0.15) is 35.8 Å². The third-order valence-electron chi connectivity index (χ3n) is 4.60. The number of hydrogen-bond donors (Lipinski definition) is 2. The predicted octanol–water partition coefficient (Wildman–Crippen LogP) is 4.30. The second-order valence-corrected chi connectivity index (χ2v) is 6.92. The Morgan fingerprint density at radius 3 is 2.60 bits per heavy atom. The average molecular weight is 410 g/mol. The number of benzene rings is 3. The fourth-order valence-electron chi connectivity index (χ4n) is 3.11. The molecule has 3 aromatic carbocycles. The van der Waals surface area contributed by atoms with Crippen molar-refractivity contribution in [3.05, 3.63) is 83.9 Å². The number of nitrogens with one attached hydrogen (secondary N) is 1. The molecule has 154 valence electrons. The van der Waals surface area contributed by atoms with Crippen molar-refractivity contribution < 1.29 is 23.1 Å². The topological polar surface area (TPSA) is 67.5 Å². The lowest BCUT2D eigenvalue weighted by Crippen LogP contribution is -2.31. The molecule has 0 saturated heterocycles. The Morgan fingerprint density at radius 2 is 1.80 bits per heavy atom. The van der Waals surface area contributed by atoms with Gasteiger partial charge >= 0.3 is 0 Å². The van der Waals surface area contributed by atoms with Crippen molar-refractivity contribution in [3.8, 4) is 17.0 Å². The summed E-state index contributed by atoms with van der Waals surface area (Å²) in [6.45, 7) is 0.886. The molecule has 7 heteroatoms. The van der Waals surface area contributed by atoms with Gasteiger partial charge in [0.25, 0.3) is 0 Å². The SMILES string of the molecule is O[C@H](CNCc1cccc(F)c1)COc1ccc(-c2noc3cc(F)ccc23)cc1. The molecule has 0 saturated carbocycles. The van der Waals surface area contributed by atoms with E-state index in [0.29, 0.717) is 30.1 Å². The Kier molecular flexibility index (Phi) is 6.02. The van der Waals surface area contributed by atoms with E-state index < -0.39 is 6.10 Å². The number of aliphatic hydroxyl groups is 1. The van der Waals surface area contributed by atoms with Crippen molar-refractivity contribution in [3.63, 3.8) is 0 Å². The molecule has 0 aliphatic rings. The standard InChI is InChI=1S/C23H20F2N2O3/c24-17-3-1-2-15(10-17)12-26-13-19(28)14-29-20-7-4-16(5-8-20)23-21-9-6-18(25)11-22(21)30-27-23/h1-11,19,26,28H,12-14H2/t19-/m1/s1. The van der Waals surface area contributed by atoms with Gasteiger partial charge in [0, 0.05) is 30.1 Å². The number of aromatic nitrogens is 1. The molecule has 4 aromatic rings. The summed E-state index contributed by atoms with van der Waals surface area (Å²) in [6.07, 6.45) is -0.715. The highest BCUT2D eigenvalue weighted by atomic mass is 19.1. The highest BCUT2D eigenvalue weighted by molar-refractivity contribution is 5.91. The molecule has 0 aliphatic heterocycles. The van der Waals surface area contributed by atoms with Crippen LogP contribution in [0.2, 0.25) is 0 Å². The van der Waals surface area contributed by atoms with Crippen molar-refractivity contribution in [2.45, 2.75) is 12.6 Å². The lowest BCUT2D eigenvalue weighted by atomic mass is 10.1. The Balaban J connectivity index is 1.29. The highest BCUT2D eigenvalue weighted by Gasteiger charge is 2.12. The fraction of sp³-hybridized carbons (Fsp3) is 0.174. The molecule has 0 radical (unpaired) electrons. The normalized spacial score (nSPS) is 12.2. The minimum absolute atomic E-state index is 0.113. The van der Waals surface area contributed by atoms with Crippen LogP contribution in [0.1, 0.15) is 5.56 Å². The summed E-state index contributed by atoms with van der Waals surface area (Å²) in [5.74, 6) is -0.0629. The first kappa shape index (κ1) is 20.0. The molecule has 4 rings (SSSR count). The number of fused-ring (bicyclic) bond motifs is 1. The maximum Gasteiger partial charge on any atom is 0.170 e. The molecule has 0 unspecified atom stereocenters. The van der Waals surface area contributed by atoms with Crippen LogP contribution < -0.4 is 10.1 Å². The maximum absolute atomic E-state index is 13.3. The molecule has 5 nitrogen and oxygen atoms in total. The van der Waals surface area contributed by atoms with E-state index in [0.717, 1.165) is 16.5 Å². The first-order valence-electron chi connectivity index (χ1n) is 9.50. The van der Waals surface area contributed by atoms with Gasteiger partial charge < -0.3 is 19.7 Å². The molecule has 0 fully saturated rings. The Hall–Kier alpha value is -3.29. The van der Waals surface area contributed by atoms with Crippen LogP contribution in [-0.4, -0.2) is 29.5 Å². The van der Waals surface area contributed by atoms with Gasteiger partial charge in [-0.1, -0.05) is 17.3 Å². The Bertz CT molecular complexity index is 1130. The van der Waals surface area contributed by atoms with E-state index in [1.807, 2.05) is 18.2 Å². The molecule has 0 spiro atoms. The quantitative estimate of drug-likeness (QED) is 0.453. The van der Waals surface area contributed by atoms with Crippen molar-refractivity contribution in [1.82, 2.24) is 10.5 Å². The van der Waals surface area contributed by atoms with Crippen molar-refractivity contribution >= 4 is 11.0 Å². The summed E-state index contributed by atoms with van der Waals surface area (Å²) in [6, 6.07) is 17.8. The van der Waals surface area contributed by atoms with Crippen LogP contribution in [0.15, 0.2) is 71.3 Å². The summed E-state index contributed by atoms with van der Waals surface area (Å²) in [5.41, 5.74) is 2.63. The Labute approximate surface area is 171 Å². The highest BCUT2D eigenvalue weighted by Crippen LogP contribution is 2.29. The van der Waals surface area contributed by atoms with Gasteiger partial charge in [-0.05, 0) is 54.1 Å². The number of nitrogens with zero attached hydrogens (tertiary/aromatic N) is 1. The van der Waals surface area contributed by atoms with Gasteiger partial charge in [0.05, 0.1) is 0 Å². The van der Waals surface area contributed by atoms with Crippen molar-refractivity contribution in [2.24, 2.45) is 0 Å². The van der Waals surface area contributed by atoms with E-state index in [4.69, 9.17) is 9.26 Å². The van der Waals surface area contributed by atoms with Gasteiger partial charge in [0.2, 0.25) is 0 Å². The van der Waals surface area contributed by atoms with Crippen LogP contribution in [0, 0.1) is 11.6 Å². The average Bonchev–Trinajstić information content (AvgIpc) is 3.16. The molecule has 2 N–H and O–H groups in total. The Morgan fingerprint density at radius 1 is 1.00 bits per heavy atom. The van der Waals surface area contributed by atoms with Crippen LogP contribution in [-0.2, 0) is 6.54 Å². The summed E-state index contributed by atoms with van der Waals surface area (Å²) in [5, 5.41) is 17.9. The van der Waals surface area contributed by atoms with Crippen LogP contribution in [0.4, 0.5) is 8.78 Å². The van der Waals surface area contributed by atoms with E-state index in [2.05, 4.69) is 10.5 Å². The van der Waals surface area contributed by atoms with Crippen molar-refractivity contribution in [1.29, 1.82) is 0 Å². The molecular weight excluding hydrogens is 390 g/mol. The van der Waals surface area contributed by atoms with Crippen LogP contribution in [0.25, 0.3) is 22.2 Å². The number of rotatable bonds is 8. The molecule has 0 amide bonds. The van der Waals surface area contributed by atoms with E-state index in [1.165, 1.54) is 24.3 Å². The first-order chi connectivity index (χ1) is 14.6. The third kappa shape index (κ3) is 4.82. The maximum atomic E-state index is 13.3. The minimum atomic E-state index is -0.715. The molecule has 0 bridgehead atoms. The van der Waals surface area contributed by atoms with Gasteiger partial charge in [-0.25, -0.2) is 8.78 Å². The van der Waals surface area contributed by atoms with Crippen LogP contribution >= 0.6 is 0 Å². The monoisotopic (exact) mass is 410 g/mol. The van der Waals surface area contributed by atoms with E-state index in [9.17, 15) is 13.9 Å². The predicted molar refractivity (Wildman–Crippen MR) is 109 cm³/mol. The lowest BCUT2D eigenvalue weighted by Gasteiger charge is -2.13. The largest absolute Gasteiger partial charge is 0.491 e. The number of hydrogen-bond acceptors (Lipinski definition) is 5. The van der Waals surface area contributed by atoms with Gasteiger partial charge in [0.15, 0.2) is 5.58 Å². The summed E-state index contributed by atoms with van der Waals surface area (Å²) < 4.78 is 37.2. The summed E-state index contributed by atoms with van der Waals surface area (Å²) in [7, 11) is 0. The zero-order valence-electron chi connectivity index (χ0n) is 16.0. The van der Waals surface area contributed by atoms with Crippen molar-refractivity contribution in [2.75, 3.05) is 13.2 Å². The third-order valence-corrected chi connectivity index (χ3v) is 4.60. The number of ether oxygens (including phenoxy) is 1. The molecule has 1 heterocycles. The zero-order chi connectivity index (χ0) is 20.9. The van der Waals surface area contributed by atoms with E-state index in [1.54, 1.807) is 24.3 Å². The summed E-state index contributed by atoms with van der Waals surface area (Å²) in [4.78, 5) is 0.